The highest BCUT2D eigenvalue weighted by Gasteiger charge is 2.21. The molecule has 4 N–H and O–H groups in total. The summed E-state index contributed by atoms with van der Waals surface area (Å²) in [7, 11) is 0. The zero-order valence-electron chi connectivity index (χ0n) is 28.4. The molecular weight excluding hydrogens is 597 g/mol. The maximum atomic E-state index is 7.74. The number of nitrogens with zero attached hydrogens (tertiary/aromatic N) is 1. The zero-order chi connectivity index (χ0) is 35.3. The smallest absolute Gasteiger partial charge is 0.0572 e. The first-order chi connectivity index (χ1) is 23.8. The Bertz CT molecular complexity index is 2040. The number of hydrogen-bond donors (Lipinski definition) is 3. The van der Waals surface area contributed by atoms with Crippen LogP contribution < -0.4 is 5.73 Å². The van der Waals surface area contributed by atoms with Crippen molar-refractivity contribution in [3.8, 4) is 28.1 Å². The third kappa shape index (κ3) is 8.37. The van der Waals surface area contributed by atoms with Crippen LogP contribution in [0.3, 0.4) is 0 Å². The van der Waals surface area contributed by atoms with Gasteiger partial charge in [-0.3, -0.25) is 0 Å². The van der Waals surface area contributed by atoms with E-state index in [0.29, 0.717) is 17.7 Å². The predicted molar refractivity (Wildman–Crippen MR) is 214 cm³/mol. The number of hydrogen-bond acceptors (Lipinski definition) is 3. The Morgan fingerprint density at radius 3 is 2.20 bits per heavy atom. The van der Waals surface area contributed by atoms with Crippen LogP contribution in [0.1, 0.15) is 34.4 Å². The Hall–Kier alpha value is -6.26. The van der Waals surface area contributed by atoms with Gasteiger partial charge in [-0.15, -0.1) is 0 Å². The molecule has 0 radical (unpaired) electrons. The van der Waals surface area contributed by atoms with Gasteiger partial charge in [0, 0.05) is 35.1 Å². The van der Waals surface area contributed by atoms with Crippen LogP contribution in [0, 0.1) is 24.7 Å². The molecule has 0 amide bonds. The first kappa shape index (κ1) is 35.6. The minimum absolute atomic E-state index is 0.547. The van der Waals surface area contributed by atoms with E-state index in [4.69, 9.17) is 16.6 Å². The van der Waals surface area contributed by atoms with Gasteiger partial charge in [-0.1, -0.05) is 123 Å². The largest absolute Gasteiger partial charge is 0.398 e. The van der Waals surface area contributed by atoms with Gasteiger partial charge in [0.05, 0.1) is 5.69 Å². The quantitative estimate of drug-likeness (QED) is 0.0877. The Morgan fingerprint density at radius 2 is 1.57 bits per heavy atom. The summed E-state index contributed by atoms with van der Waals surface area (Å²) in [6, 6.07) is 25.2. The van der Waals surface area contributed by atoms with E-state index in [2.05, 4.69) is 111 Å². The molecule has 0 unspecified atom stereocenters. The second-order valence-corrected chi connectivity index (χ2v) is 11.5. The number of rotatable bonds is 15. The molecule has 4 nitrogen and oxygen atoms in total. The van der Waals surface area contributed by atoms with Crippen LogP contribution >= 0.6 is 0 Å². The summed E-state index contributed by atoms with van der Waals surface area (Å²) in [5, 5.41) is 14.9. The number of aromatic nitrogens is 1. The van der Waals surface area contributed by atoms with E-state index in [-0.39, 0.29) is 0 Å². The third-order valence-electron chi connectivity index (χ3n) is 8.43. The van der Waals surface area contributed by atoms with Crippen molar-refractivity contribution >= 4 is 30.2 Å². The lowest BCUT2D eigenvalue weighted by molar-refractivity contribution is 1.06. The fourth-order valence-electron chi connectivity index (χ4n) is 5.62. The molecule has 4 aromatic rings. The molecule has 4 heteroatoms. The molecule has 0 saturated heterocycles. The molecule has 1 heterocycles. The van der Waals surface area contributed by atoms with Crippen molar-refractivity contribution in [2.75, 3.05) is 0 Å². The summed E-state index contributed by atoms with van der Waals surface area (Å²) in [6.07, 6.45) is 21.9. The minimum Gasteiger partial charge on any atom is -0.398 e. The van der Waals surface area contributed by atoms with Gasteiger partial charge in [0.1, 0.15) is 0 Å². The molecular formula is C45H44N4. The maximum absolute atomic E-state index is 7.74. The molecule has 0 aliphatic heterocycles. The SMILES string of the molecule is C=C/C=C(\C=N)c1ccc(-c2ccc(-c3c(C)c(C)c(/C=C(\C=C)C/C=C\C=C(/N)C(=C)/C=C\C=N)n3-c3ccccc3)c(C=C)c2)cc1. The molecule has 1 aromatic heterocycles. The molecule has 0 fully saturated rings. The van der Waals surface area contributed by atoms with Crippen molar-refractivity contribution in [2.24, 2.45) is 5.73 Å². The van der Waals surface area contributed by atoms with Crippen molar-refractivity contribution in [3.05, 3.63) is 193 Å². The van der Waals surface area contributed by atoms with E-state index >= 15 is 0 Å². The number of allylic oxidation sites excluding steroid dienone is 10. The van der Waals surface area contributed by atoms with Gasteiger partial charge in [-0.05, 0) is 107 Å². The molecule has 0 aliphatic carbocycles. The average molecular weight is 641 g/mol. The number of nitrogens with two attached hydrogens (primary N) is 1. The van der Waals surface area contributed by atoms with Crippen LogP contribution in [0.4, 0.5) is 0 Å². The van der Waals surface area contributed by atoms with E-state index in [1.165, 1.54) is 23.6 Å². The monoisotopic (exact) mass is 640 g/mol. The lowest BCUT2D eigenvalue weighted by atomic mass is 9.94. The highest BCUT2D eigenvalue weighted by atomic mass is 15.0. The fourth-order valence-corrected chi connectivity index (χ4v) is 5.62. The van der Waals surface area contributed by atoms with Gasteiger partial charge in [0.2, 0.25) is 0 Å². The van der Waals surface area contributed by atoms with E-state index in [1.807, 2.05) is 48.6 Å². The predicted octanol–water partition coefficient (Wildman–Crippen LogP) is 11.4. The molecule has 0 spiro atoms. The Labute approximate surface area is 291 Å². The Kier molecular flexibility index (Phi) is 12.4. The molecule has 4 rings (SSSR count). The van der Waals surface area contributed by atoms with E-state index in [1.54, 1.807) is 18.2 Å². The van der Waals surface area contributed by atoms with Gasteiger partial charge in [0.15, 0.2) is 0 Å². The molecule has 49 heavy (non-hydrogen) atoms. The summed E-state index contributed by atoms with van der Waals surface area (Å²) in [5.74, 6) is 0. The molecule has 0 aliphatic rings. The third-order valence-corrected chi connectivity index (χ3v) is 8.43. The number of nitrogens with one attached hydrogen (secondary N) is 2. The highest BCUT2D eigenvalue weighted by Crippen LogP contribution is 2.39. The molecule has 3 aromatic carbocycles. The minimum atomic E-state index is 0.547. The Morgan fingerprint density at radius 1 is 0.857 bits per heavy atom. The normalized spacial score (nSPS) is 12.3. The van der Waals surface area contributed by atoms with E-state index in [9.17, 15) is 0 Å². The van der Waals surface area contributed by atoms with Crippen molar-refractivity contribution in [3.63, 3.8) is 0 Å². The van der Waals surface area contributed by atoms with Gasteiger partial charge in [-0.2, -0.15) is 0 Å². The highest BCUT2D eigenvalue weighted by molar-refractivity contribution is 6.08. The van der Waals surface area contributed by atoms with Gasteiger partial charge < -0.3 is 21.1 Å². The van der Waals surface area contributed by atoms with Crippen molar-refractivity contribution in [1.29, 1.82) is 10.8 Å². The first-order valence-electron chi connectivity index (χ1n) is 16.1. The molecule has 0 atom stereocenters. The zero-order valence-corrected chi connectivity index (χ0v) is 28.4. The second-order valence-electron chi connectivity index (χ2n) is 11.5. The summed E-state index contributed by atoms with van der Waals surface area (Å²) >= 11 is 0. The number of benzene rings is 3. The van der Waals surface area contributed by atoms with Crippen LogP contribution in [0.25, 0.3) is 45.8 Å². The van der Waals surface area contributed by atoms with E-state index < -0.39 is 0 Å². The second kappa shape index (κ2) is 17.1. The summed E-state index contributed by atoms with van der Waals surface area (Å²) in [4.78, 5) is 0. The van der Waals surface area contributed by atoms with Gasteiger partial charge in [0.25, 0.3) is 0 Å². The molecule has 0 bridgehead atoms. The maximum Gasteiger partial charge on any atom is 0.0572 e. The summed E-state index contributed by atoms with van der Waals surface area (Å²) in [6.45, 7) is 20.4. The molecule has 244 valence electrons. The fraction of sp³-hybridized carbons (Fsp3) is 0.0667. The topological polar surface area (TPSA) is 78.7 Å². The van der Waals surface area contributed by atoms with Crippen molar-refractivity contribution in [2.45, 2.75) is 20.3 Å². The van der Waals surface area contributed by atoms with Crippen molar-refractivity contribution in [1.82, 2.24) is 4.57 Å². The van der Waals surface area contributed by atoms with Crippen LogP contribution in [0.2, 0.25) is 0 Å². The lowest BCUT2D eigenvalue weighted by Gasteiger charge is -2.17. The average Bonchev–Trinajstić information content (AvgIpc) is 3.38. The number of para-hydroxylation sites is 1. The standard InChI is InChI=1S/C45H44N4/c1-7-16-40(31-47)38-24-22-37(23-25-38)39-26-27-42(36(9-3)30-39)45-34(6)33(5)44(49(45)41-19-11-10-12-20-41)29-35(8-2)18-13-14-21-43(48)32(4)17-15-28-46/h7-17,19-31,46-47H,1-4,18,48H2,5-6H3/b14-13-,17-15-,35-29+,40-16+,43-21-,46-28?,47-31?. The summed E-state index contributed by atoms with van der Waals surface area (Å²) in [5.41, 5.74) is 20.1. The van der Waals surface area contributed by atoms with Crippen LogP contribution in [0.15, 0.2) is 165 Å². The molecule has 0 saturated carbocycles. The van der Waals surface area contributed by atoms with Gasteiger partial charge >= 0.3 is 0 Å². The van der Waals surface area contributed by atoms with Gasteiger partial charge in [-0.25, -0.2) is 0 Å². The lowest BCUT2D eigenvalue weighted by Crippen LogP contribution is -2.01. The summed E-state index contributed by atoms with van der Waals surface area (Å²) < 4.78 is 2.33. The van der Waals surface area contributed by atoms with Crippen LogP contribution in [-0.2, 0) is 0 Å². The van der Waals surface area contributed by atoms with E-state index in [0.717, 1.165) is 56.0 Å². The first-order valence-corrected chi connectivity index (χ1v) is 16.1. The van der Waals surface area contributed by atoms with Crippen molar-refractivity contribution < 1.29 is 0 Å². The van der Waals surface area contributed by atoms with Crippen LogP contribution in [-0.4, -0.2) is 17.0 Å². The van der Waals surface area contributed by atoms with Crippen LogP contribution in [0.5, 0.6) is 0 Å². The Balaban J connectivity index is 1.79.